The molecular weight excluding hydrogens is 293 g/mol. The average Bonchev–Trinajstić information content (AvgIpc) is 2.27. The highest BCUT2D eigenvalue weighted by Gasteiger charge is 2.11. The average molecular weight is 301 g/mol. The molecule has 5 heteroatoms. The lowest BCUT2D eigenvalue weighted by Crippen LogP contribution is -2.04. The lowest BCUT2D eigenvalue weighted by atomic mass is 10.1. The fourth-order valence-electron chi connectivity index (χ4n) is 1.40. The fraction of sp³-hybridized carbons (Fsp3) is 0.0909. The highest BCUT2D eigenvalue weighted by molar-refractivity contribution is 9.10. The summed E-state index contributed by atoms with van der Waals surface area (Å²) in [6, 6.07) is 7.23. The van der Waals surface area contributed by atoms with Crippen LogP contribution in [-0.4, -0.2) is 18.1 Å². The quantitative estimate of drug-likeness (QED) is 0.598. The van der Waals surface area contributed by atoms with Crippen molar-refractivity contribution in [1.29, 1.82) is 0 Å². The van der Waals surface area contributed by atoms with Gasteiger partial charge in [-0.2, -0.15) is 0 Å². The maximum absolute atomic E-state index is 11.3. The summed E-state index contributed by atoms with van der Waals surface area (Å²) in [4.78, 5) is 15.3. The van der Waals surface area contributed by atoms with Crippen LogP contribution in [0.25, 0.3) is 10.8 Å². The number of hydrogen-bond acceptors (Lipinski definition) is 3. The zero-order chi connectivity index (χ0) is 11.7. The molecule has 0 saturated carbocycles. The van der Waals surface area contributed by atoms with Crippen LogP contribution in [0.1, 0.15) is 10.5 Å². The van der Waals surface area contributed by atoms with E-state index in [1.807, 2.05) is 18.2 Å². The topological polar surface area (TPSA) is 39.2 Å². The van der Waals surface area contributed by atoms with Gasteiger partial charge in [0, 0.05) is 9.86 Å². The SMILES string of the molecule is COC(=O)c1cc2cc(Br)ccc2c(Cl)n1. The van der Waals surface area contributed by atoms with Gasteiger partial charge in [0.05, 0.1) is 7.11 Å². The summed E-state index contributed by atoms with van der Waals surface area (Å²) in [7, 11) is 1.31. The second kappa shape index (κ2) is 4.39. The summed E-state index contributed by atoms with van der Waals surface area (Å²) in [5.41, 5.74) is 0.207. The number of methoxy groups -OCH3 is 1. The number of esters is 1. The van der Waals surface area contributed by atoms with Crippen LogP contribution in [0.5, 0.6) is 0 Å². The lowest BCUT2D eigenvalue weighted by Gasteiger charge is -2.04. The second-order valence-electron chi connectivity index (χ2n) is 3.16. The Morgan fingerprint density at radius 3 is 2.88 bits per heavy atom. The highest BCUT2D eigenvalue weighted by atomic mass is 79.9. The number of carbonyl (C=O) groups is 1. The van der Waals surface area contributed by atoms with Crippen LogP contribution in [0.4, 0.5) is 0 Å². The van der Waals surface area contributed by atoms with Crippen molar-refractivity contribution in [1.82, 2.24) is 4.98 Å². The van der Waals surface area contributed by atoms with Crippen molar-refractivity contribution in [2.24, 2.45) is 0 Å². The van der Waals surface area contributed by atoms with E-state index in [1.165, 1.54) is 7.11 Å². The Morgan fingerprint density at radius 2 is 2.19 bits per heavy atom. The van der Waals surface area contributed by atoms with Gasteiger partial charge >= 0.3 is 5.97 Å². The largest absolute Gasteiger partial charge is 0.464 e. The molecule has 16 heavy (non-hydrogen) atoms. The molecule has 1 aromatic carbocycles. The number of benzene rings is 1. The van der Waals surface area contributed by atoms with Crippen LogP contribution in [0.15, 0.2) is 28.7 Å². The lowest BCUT2D eigenvalue weighted by molar-refractivity contribution is 0.0594. The summed E-state index contributed by atoms with van der Waals surface area (Å²) in [6.07, 6.45) is 0. The van der Waals surface area contributed by atoms with E-state index in [4.69, 9.17) is 11.6 Å². The number of aromatic nitrogens is 1. The first-order chi connectivity index (χ1) is 7.61. The molecule has 1 aromatic heterocycles. The van der Waals surface area contributed by atoms with Gasteiger partial charge in [-0.05, 0) is 23.6 Å². The minimum absolute atomic E-state index is 0.207. The van der Waals surface area contributed by atoms with Crippen LogP contribution in [0.2, 0.25) is 5.15 Å². The van der Waals surface area contributed by atoms with Crippen LogP contribution in [-0.2, 0) is 4.74 Å². The third kappa shape index (κ3) is 2.03. The van der Waals surface area contributed by atoms with Crippen LogP contribution >= 0.6 is 27.5 Å². The number of carbonyl (C=O) groups excluding carboxylic acids is 1. The first-order valence-corrected chi connectivity index (χ1v) is 5.63. The van der Waals surface area contributed by atoms with Crippen molar-refractivity contribution in [3.05, 3.63) is 39.6 Å². The van der Waals surface area contributed by atoms with Crippen molar-refractivity contribution in [3.8, 4) is 0 Å². The van der Waals surface area contributed by atoms with Crippen molar-refractivity contribution in [2.75, 3.05) is 7.11 Å². The molecular formula is C11H7BrClNO2. The smallest absolute Gasteiger partial charge is 0.356 e. The Kier molecular flexibility index (Phi) is 3.12. The molecule has 0 unspecified atom stereocenters. The van der Waals surface area contributed by atoms with E-state index in [9.17, 15) is 4.79 Å². The summed E-state index contributed by atoms with van der Waals surface area (Å²) >= 11 is 9.34. The molecule has 0 N–H and O–H groups in total. The molecule has 0 saturated heterocycles. The molecule has 1 heterocycles. The van der Waals surface area contributed by atoms with Crippen LogP contribution < -0.4 is 0 Å². The minimum Gasteiger partial charge on any atom is -0.464 e. The maximum atomic E-state index is 11.3. The van der Waals surface area contributed by atoms with Crippen molar-refractivity contribution in [2.45, 2.75) is 0 Å². The van der Waals surface area contributed by atoms with Gasteiger partial charge in [0.1, 0.15) is 5.15 Å². The number of ether oxygens (including phenoxy) is 1. The number of rotatable bonds is 1. The monoisotopic (exact) mass is 299 g/mol. The Hall–Kier alpha value is -1.13. The van der Waals surface area contributed by atoms with Gasteiger partial charge in [0.2, 0.25) is 0 Å². The molecule has 0 bridgehead atoms. The molecule has 82 valence electrons. The molecule has 2 aromatic rings. The molecule has 0 aliphatic rings. The van der Waals surface area contributed by atoms with Crippen LogP contribution in [0, 0.1) is 0 Å². The summed E-state index contributed by atoms with van der Waals surface area (Å²) in [5.74, 6) is -0.497. The van der Waals surface area contributed by atoms with E-state index < -0.39 is 5.97 Å². The van der Waals surface area contributed by atoms with Gasteiger partial charge in [-0.25, -0.2) is 9.78 Å². The van der Waals surface area contributed by atoms with E-state index >= 15 is 0 Å². The molecule has 0 fully saturated rings. The van der Waals surface area contributed by atoms with Gasteiger partial charge in [-0.1, -0.05) is 33.6 Å². The van der Waals surface area contributed by atoms with E-state index in [2.05, 4.69) is 25.7 Å². The first-order valence-electron chi connectivity index (χ1n) is 4.46. The van der Waals surface area contributed by atoms with Gasteiger partial charge in [0.25, 0.3) is 0 Å². The summed E-state index contributed by atoms with van der Waals surface area (Å²) in [5, 5.41) is 1.94. The normalized spacial score (nSPS) is 10.4. The fourth-order valence-corrected chi connectivity index (χ4v) is 2.04. The number of pyridine rings is 1. The third-order valence-electron chi connectivity index (χ3n) is 2.14. The third-order valence-corrected chi connectivity index (χ3v) is 2.92. The van der Waals surface area contributed by atoms with E-state index in [0.29, 0.717) is 5.15 Å². The predicted octanol–water partition coefficient (Wildman–Crippen LogP) is 3.44. The first kappa shape index (κ1) is 11.4. The molecule has 0 spiro atoms. The predicted molar refractivity (Wildman–Crippen MR) is 65.8 cm³/mol. The van der Waals surface area contributed by atoms with E-state index in [0.717, 1.165) is 15.2 Å². The van der Waals surface area contributed by atoms with Gasteiger partial charge < -0.3 is 4.74 Å². The number of hydrogen-bond donors (Lipinski definition) is 0. The van der Waals surface area contributed by atoms with Crippen LogP contribution in [0.3, 0.4) is 0 Å². The zero-order valence-electron chi connectivity index (χ0n) is 8.33. The molecule has 0 atom stereocenters. The standard InChI is InChI=1S/C11H7BrClNO2/c1-16-11(15)9-5-6-4-7(12)2-3-8(6)10(13)14-9/h2-5H,1H3. The summed E-state index contributed by atoms with van der Waals surface area (Å²) < 4.78 is 5.51. The molecule has 3 nitrogen and oxygen atoms in total. The molecule has 0 radical (unpaired) electrons. The Balaban J connectivity index is 2.69. The van der Waals surface area contributed by atoms with Gasteiger partial charge in [-0.3, -0.25) is 0 Å². The number of halogens is 2. The van der Waals surface area contributed by atoms with Crippen molar-refractivity contribution < 1.29 is 9.53 Å². The van der Waals surface area contributed by atoms with Crippen molar-refractivity contribution in [3.63, 3.8) is 0 Å². The maximum Gasteiger partial charge on any atom is 0.356 e. The Labute approximate surface area is 106 Å². The van der Waals surface area contributed by atoms with Crippen molar-refractivity contribution >= 4 is 44.3 Å². The van der Waals surface area contributed by atoms with Gasteiger partial charge in [-0.15, -0.1) is 0 Å². The Bertz CT molecular complexity index is 571. The Morgan fingerprint density at radius 1 is 1.44 bits per heavy atom. The van der Waals surface area contributed by atoms with E-state index in [-0.39, 0.29) is 5.69 Å². The minimum atomic E-state index is -0.497. The van der Waals surface area contributed by atoms with E-state index in [1.54, 1.807) is 6.07 Å². The second-order valence-corrected chi connectivity index (χ2v) is 4.43. The molecule has 2 rings (SSSR count). The molecule has 0 amide bonds. The number of fused-ring (bicyclic) bond motifs is 1. The zero-order valence-corrected chi connectivity index (χ0v) is 10.7. The molecule has 0 aliphatic carbocycles. The highest BCUT2D eigenvalue weighted by Crippen LogP contribution is 2.25. The molecule has 0 aliphatic heterocycles. The summed E-state index contributed by atoms with van der Waals surface area (Å²) in [6.45, 7) is 0. The number of nitrogens with zero attached hydrogens (tertiary/aromatic N) is 1. The van der Waals surface area contributed by atoms with Gasteiger partial charge in [0.15, 0.2) is 5.69 Å².